The first-order valence-corrected chi connectivity index (χ1v) is 0.500. The molecule has 0 fully saturated rings. The Kier molecular flexibility index (Phi) is 73.8. The predicted molar refractivity (Wildman–Crippen MR) is 20.2 cm³/mol. The molecule has 0 N–H and O–H groups in total. The van der Waals surface area contributed by atoms with Gasteiger partial charge in [0, 0.05) is 29.8 Å². The molecule has 0 spiro atoms. The van der Waals surface area contributed by atoms with Crippen LogP contribution in [0.1, 0.15) is 0 Å². The van der Waals surface area contributed by atoms with Gasteiger partial charge in [0.25, 0.3) is 0 Å². The van der Waals surface area contributed by atoms with Crippen molar-refractivity contribution in [3.8, 4) is 0 Å². The molecule has 0 atom stereocenters. The van der Waals surface area contributed by atoms with E-state index in [1.807, 2.05) is 0 Å². The Bertz CT molecular complexity index is 4.75. The Morgan fingerprint density at radius 2 is 0.333 bits per heavy atom. The molecule has 0 bridgehead atoms. The lowest BCUT2D eigenvalue weighted by Gasteiger charge is -0.707. The molecule has 0 saturated heterocycles. The zero-order chi connectivity index (χ0) is 6.00. The highest BCUT2D eigenvalue weighted by Gasteiger charge is 0.711. The lowest BCUT2D eigenvalue weighted by atomic mass is 15.3. The van der Waals surface area contributed by atoms with E-state index in [4.69, 9.17) is 29.8 Å². The van der Waals surface area contributed by atoms with Gasteiger partial charge in [0.2, 0.25) is 0 Å². The van der Waals surface area contributed by atoms with E-state index in [1.54, 1.807) is 0 Å². The van der Waals surface area contributed by atoms with E-state index in [1.165, 1.54) is 0 Å². The van der Waals surface area contributed by atoms with Gasteiger partial charge in [-0.3, -0.25) is 0 Å². The van der Waals surface area contributed by atoms with Crippen LogP contribution in [-0.4, -0.2) is 0 Å². The molecule has 0 aliphatic carbocycles. The molecular formula is O6. The van der Waals surface area contributed by atoms with Crippen molar-refractivity contribution in [2.45, 2.75) is 0 Å². The van der Waals surface area contributed by atoms with Crippen LogP contribution in [0.25, 0.3) is 0 Å². The fraction of sp³-hybridized carbons (Fsp3) is 0. The fourth-order valence-electron chi connectivity index (χ4n) is 0. The monoisotopic (exact) mass is 96.0 g/mol. The molecule has 0 saturated carbocycles. The van der Waals surface area contributed by atoms with Crippen molar-refractivity contribution in [2.24, 2.45) is 0 Å². The van der Waals surface area contributed by atoms with Crippen LogP contribution >= 0.6 is 0 Å². The zero-order valence-corrected chi connectivity index (χ0v) is 2.45. The minimum absolute atomic E-state index is 7.00. The Labute approximate surface area is 31.2 Å². The molecule has 0 unspecified atom stereocenters. The molecule has 0 aromatic heterocycles. The van der Waals surface area contributed by atoms with E-state index in [-0.39, 0.29) is 0 Å². The van der Waals surface area contributed by atoms with Crippen molar-refractivity contribution < 1.29 is 0 Å². The first-order valence-electron chi connectivity index (χ1n) is 0.500. The number of rotatable bonds is 0. The molecule has 0 aliphatic heterocycles. The van der Waals surface area contributed by atoms with E-state index in [0.29, 0.717) is 0 Å². The van der Waals surface area contributed by atoms with Gasteiger partial charge in [0.1, 0.15) is 0 Å². The standard InChI is InChI=1S/3O2/c3*1-2. The molecule has 36 valence electrons. The molecule has 0 amide bonds. The summed E-state index contributed by atoms with van der Waals surface area (Å²) in [6.45, 7) is 0. The zero-order valence-electron chi connectivity index (χ0n) is 2.45. The maximum absolute atomic E-state index is 7.00. The topological polar surface area (TPSA) is 102 Å². The van der Waals surface area contributed by atoms with Crippen molar-refractivity contribution >= 4 is 0 Å². The van der Waals surface area contributed by atoms with Gasteiger partial charge in [-0.05, 0) is 0 Å². The number of hydrogen-bond donors (Lipinski definition) is 0. The highest BCUT2D eigenvalue weighted by molar-refractivity contribution is 4.08. The summed E-state index contributed by atoms with van der Waals surface area (Å²) < 4.78 is 0. The van der Waals surface area contributed by atoms with E-state index in [0.717, 1.165) is 0 Å². The third kappa shape index (κ3) is 6.30. The largest absolute Gasteiger partial charge is 0 e. The molecule has 0 aromatic carbocycles. The highest BCUT2D eigenvalue weighted by atomic mass is 16.7. The maximum atomic E-state index is 7.00. The van der Waals surface area contributed by atoms with Crippen molar-refractivity contribution in [1.29, 1.82) is 0 Å². The molecule has 0 heterocycles. The Hall–Kier alpha value is -1.20. The third-order valence-electron chi connectivity index (χ3n) is 0. The minimum Gasteiger partial charge on any atom is 0 e. The SMILES string of the molecule is O=O.O=O.O=O. The molecule has 0 rings (SSSR count). The van der Waals surface area contributed by atoms with E-state index >= 15 is 0 Å². The van der Waals surface area contributed by atoms with Gasteiger partial charge < -0.3 is 0 Å². The van der Waals surface area contributed by atoms with Crippen molar-refractivity contribution in [2.75, 3.05) is 0 Å². The summed E-state index contributed by atoms with van der Waals surface area (Å²) in [7, 11) is 0. The predicted octanol–water partition coefficient (Wildman–Crippen LogP) is 0.201. The summed E-state index contributed by atoms with van der Waals surface area (Å²) in [5, 5.41) is 0. The van der Waals surface area contributed by atoms with Crippen LogP contribution in [0, 0.1) is 29.8 Å². The van der Waals surface area contributed by atoms with Gasteiger partial charge in [-0.15, -0.1) is 0 Å². The van der Waals surface area contributed by atoms with Gasteiger partial charge >= 0.3 is 0 Å². The Morgan fingerprint density at radius 1 is 0.333 bits per heavy atom. The second-order valence-corrected chi connectivity index (χ2v) is 0. The van der Waals surface area contributed by atoms with Crippen molar-refractivity contribution in [1.82, 2.24) is 0 Å². The molecule has 6 heavy (non-hydrogen) atoms. The average molecular weight is 96.0 g/mol. The quantitative estimate of drug-likeness (QED) is 0.426. The summed E-state index contributed by atoms with van der Waals surface area (Å²) in [4.78, 5) is 42.0. The highest BCUT2D eigenvalue weighted by Crippen LogP contribution is 0.745. The Morgan fingerprint density at radius 3 is 0.333 bits per heavy atom. The summed E-state index contributed by atoms with van der Waals surface area (Å²) in [6, 6.07) is 0. The van der Waals surface area contributed by atoms with Crippen LogP contribution in [0.4, 0.5) is 0 Å². The van der Waals surface area contributed by atoms with E-state index in [2.05, 4.69) is 0 Å². The summed E-state index contributed by atoms with van der Waals surface area (Å²) in [5.74, 6) is 0. The van der Waals surface area contributed by atoms with Gasteiger partial charge in [-0.1, -0.05) is 0 Å². The van der Waals surface area contributed by atoms with Crippen LogP contribution in [0.5, 0.6) is 0 Å². The van der Waals surface area contributed by atoms with Gasteiger partial charge in [-0.2, -0.15) is 0 Å². The van der Waals surface area contributed by atoms with Crippen LogP contribution in [0.15, 0.2) is 0 Å². The van der Waals surface area contributed by atoms with Crippen LogP contribution in [0.3, 0.4) is 0 Å². The second-order valence-electron chi connectivity index (χ2n) is 0. The van der Waals surface area contributed by atoms with Crippen LogP contribution in [-0.2, 0) is 0 Å². The average Bonchev–Trinajstić information content (AvgIpc) is 1.81. The second kappa shape index (κ2) is 20.7. The summed E-state index contributed by atoms with van der Waals surface area (Å²) in [6.07, 6.45) is 0. The molecular weight excluding hydrogens is 96.0 g/mol. The van der Waals surface area contributed by atoms with Crippen molar-refractivity contribution in [3.63, 3.8) is 0 Å². The molecule has 6 nitrogen and oxygen atoms in total. The van der Waals surface area contributed by atoms with Gasteiger partial charge in [-0.25, -0.2) is 0 Å². The molecule has 0 aromatic rings. The minimum atomic E-state index is 7.00. The molecule has 0 aliphatic rings. The van der Waals surface area contributed by atoms with E-state index < -0.39 is 0 Å². The molecule has 6 heteroatoms. The summed E-state index contributed by atoms with van der Waals surface area (Å²) >= 11 is 0. The first kappa shape index (κ1) is 21.4. The Balaban J connectivity index is -0.0000000225. The van der Waals surface area contributed by atoms with Gasteiger partial charge in [0.15, 0.2) is 0 Å². The fourth-order valence-corrected chi connectivity index (χ4v) is 0. The van der Waals surface area contributed by atoms with Gasteiger partial charge in [0.05, 0.1) is 0 Å². The van der Waals surface area contributed by atoms with Crippen LogP contribution in [0.2, 0.25) is 0 Å². The molecule has 0 radical (unpaired) electrons. The normalized spacial score (nSPS) is 2.00. The van der Waals surface area contributed by atoms with E-state index in [9.17, 15) is 0 Å². The van der Waals surface area contributed by atoms with Crippen LogP contribution < -0.4 is 0 Å². The third-order valence-corrected chi connectivity index (χ3v) is 0. The lowest BCUT2D eigenvalue weighted by Crippen LogP contribution is -0.674. The smallest absolute Gasteiger partial charge is 0 e. The van der Waals surface area contributed by atoms with Crippen molar-refractivity contribution in [3.05, 3.63) is 29.8 Å². The summed E-state index contributed by atoms with van der Waals surface area (Å²) in [5.41, 5.74) is 0. The number of hydrogen-bond acceptors (Lipinski definition) is 6. The maximum Gasteiger partial charge on any atom is 0 e. The lowest BCUT2D eigenvalue weighted by molar-refractivity contribution is 2.66. The first-order chi connectivity index (χ1) is 3.00.